The number of carbonyl (C=O) groups excluding carboxylic acids is 1. The van der Waals surface area contributed by atoms with Crippen LogP contribution < -0.4 is 15.4 Å². The van der Waals surface area contributed by atoms with Gasteiger partial charge in [-0.15, -0.1) is 0 Å². The van der Waals surface area contributed by atoms with Crippen molar-refractivity contribution in [1.82, 2.24) is 29.5 Å². The number of aryl methyl sites for hydroxylation is 1. The van der Waals surface area contributed by atoms with Crippen LogP contribution in [0.15, 0.2) is 48.9 Å². The van der Waals surface area contributed by atoms with E-state index in [1.807, 2.05) is 17.9 Å². The van der Waals surface area contributed by atoms with E-state index in [-0.39, 0.29) is 29.2 Å². The first-order valence-electron chi connectivity index (χ1n) is 14.9. The van der Waals surface area contributed by atoms with Gasteiger partial charge in [0.25, 0.3) is 5.91 Å². The van der Waals surface area contributed by atoms with Gasteiger partial charge in [-0.2, -0.15) is 9.65 Å². The lowest BCUT2D eigenvalue weighted by atomic mass is 9.94. The number of piperidine rings is 1. The number of piperazine rings is 1. The molecule has 13 heteroatoms. The number of imidazole rings is 1. The Morgan fingerprint density at radius 3 is 2.76 bits per heavy atom. The molecule has 3 N–H and O–H groups in total. The van der Waals surface area contributed by atoms with Crippen molar-refractivity contribution in [1.29, 1.82) is 5.26 Å². The minimum Gasteiger partial charge on any atom is -0.476 e. The van der Waals surface area contributed by atoms with Crippen LogP contribution in [0.25, 0.3) is 16.9 Å². The lowest BCUT2D eigenvalue weighted by molar-refractivity contribution is 0.0370. The molecule has 0 radical (unpaired) electrons. The van der Waals surface area contributed by atoms with Crippen molar-refractivity contribution in [2.24, 2.45) is 5.92 Å². The number of anilines is 2. The van der Waals surface area contributed by atoms with Gasteiger partial charge in [0.2, 0.25) is 5.82 Å². The van der Waals surface area contributed by atoms with Gasteiger partial charge >= 0.3 is 0 Å². The first-order valence-corrected chi connectivity index (χ1v) is 14.9. The molecule has 2 aromatic carbocycles. The molecule has 0 unspecified atom stereocenters. The molecule has 0 spiro atoms. The smallest absolute Gasteiger partial charge is 0.254 e. The summed E-state index contributed by atoms with van der Waals surface area (Å²) in [5.41, 5.74) is 2.79. The fourth-order valence-electron chi connectivity index (χ4n) is 6.02. The second-order valence-electron chi connectivity index (χ2n) is 11.4. The predicted molar refractivity (Wildman–Crippen MR) is 163 cm³/mol. The zero-order valence-electron chi connectivity index (χ0n) is 24.8. The summed E-state index contributed by atoms with van der Waals surface area (Å²) in [5.74, 6) is -2.01. The highest BCUT2D eigenvalue weighted by Crippen LogP contribution is 2.32. The van der Waals surface area contributed by atoms with Crippen LogP contribution in [-0.4, -0.2) is 93.7 Å². The SMILES string of the molecule is Cc1cc(Nc2nccn3c(-c4ccc(OCC#N)c(F)c4F)cnc23)ccc1C(=O)N1CCN(C[C@@H]2CCNC[C@H]2O)CC1. The van der Waals surface area contributed by atoms with Gasteiger partial charge < -0.3 is 25.4 Å². The summed E-state index contributed by atoms with van der Waals surface area (Å²) >= 11 is 0. The van der Waals surface area contributed by atoms with Crippen LogP contribution in [-0.2, 0) is 0 Å². The van der Waals surface area contributed by atoms with Crippen LogP contribution in [0.2, 0.25) is 0 Å². The Morgan fingerprint density at radius 1 is 1.18 bits per heavy atom. The molecular weight excluding hydrogens is 582 g/mol. The van der Waals surface area contributed by atoms with Gasteiger partial charge in [0.05, 0.1) is 18.0 Å². The third kappa shape index (κ3) is 6.30. The number of aliphatic hydroxyl groups is 1. The molecule has 4 heterocycles. The number of fused-ring (bicyclic) bond motifs is 1. The lowest BCUT2D eigenvalue weighted by Gasteiger charge is -2.38. The molecule has 4 aromatic rings. The maximum atomic E-state index is 15.0. The Balaban J connectivity index is 1.13. The summed E-state index contributed by atoms with van der Waals surface area (Å²) in [7, 11) is 0. The molecule has 6 rings (SSSR count). The van der Waals surface area contributed by atoms with Crippen molar-refractivity contribution in [3.05, 3.63) is 71.7 Å². The number of nitrogens with one attached hydrogen (secondary N) is 2. The zero-order chi connectivity index (χ0) is 31.5. The first-order chi connectivity index (χ1) is 21.8. The second-order valence-corrected chi connectivity index (χ2v) is 11.4. The van der Waals surface area contributed by atoms with Crippen LogP contribution >= 0.6 is 0 Å². The predicted octanol–water partition coefficient (Wildman–Crippen LogP) is 3.36. The largest absolute Gasteiger partial charge is 0.476 e. The highest BCUT2D eigenvalue weighted by Gasteiger charge is 2.28. The molecule has 2 aliphatic rings. The number of carbonyl (C=O) groups is 1. The summed E-state index contributed by atoms with van der Waals surface area (Å²) < 4.78 is 36.1. The molecule has 0 aliphatic carbocycles. The van der Waals surface area contributed by atoms with Crippen molar-refractivity contribution in [3.8, 4) is 23.1 Å². The van der Waals surface area contributed by atoms with E-state index in [1.54, 1.807) is 28.8 Å². The minimum atomic E-state index is -1.19. The quantitative estimate of drug-likeness (QED) is 0.273. The van der Waals surface area contributed by atoms with E-state index < -0.39 is 18.2 Å². The fourth-order valence-corrected chi connectivity index (χ4v) is 6.02. The number of aliphatic hydroxyl groups excluding tert-OH is 1. The van der Waals surface area contributed by atoms with Crippen LogP contribution in [0.3, 0.4) is 0 Å². The average Bonchev–Trinajstić information content (AvgIpc) is 3.48. The molecule has 11 nitrogen and oxygen atoms in total. The van der Waals surface area contributed by atoms with Crippen LogP contribution in [0.1, 0.15) is 22.3 Å². The molecule has 2 fully saturated rings. The highest BCUT2D eigenvalue weighted by atomic mass is 19.2. The number of nitrogens with zero attached hydrogens (tertiary/aromatic N) is 6. The fraction of sp³-hybridized carbons (Fsp3) is 0.375. The van der Waals surface area contributed by atoms with Crippen molar-refractivity contribution in [2.45, 2.75) is 19.4 Å². The van der Waals surface area contributed by atoms with Gasteiger partial charge in [0.1, 0.15) is 6.07 Å². The van der Waals surface area contributed by atoms with Crippen molar-refractivity contribution < 1.29 is 23.4 Å². The van der Waals surface area contributed by atoms with Gasteiger partial charge in [0.15, 0.2) is 29.6 Å². The number of ether oxygens (including phenoxy) is 1. The first kappa shape index (κ1) is 30.4. The topological polar surface area (TPSA) is 131 Å². The van der Waals surface area contributed by atoms with Gasteiger partial charge in [-0.25, -0.2) is 14.4 Å². The Hall–Kier alpha value is -4.64. The number of hydrogen-bond acceptors (Lipinski definition) is 9. The third-order valence-electron chi connectivity index (χ3n) is 8.50. The summed E-state index contributed by atoms with van der Waals surface area (Å²) in [6.45, 7) is 6.71. The Kier molecular flexibility index (Phi) is 8.88. The molecule has 0 bridgehead atoms. The number of nitriles is 1. The van der Waals surface area contributed by atoms with Crippen molar-refractivity contribution in [3.63, 3.8) is 0 Å². The van der Waals surface area contributed by atoms with E-state index in [0.717, 1.165) is 38.2 Å². The minimum absolute atomic E-state index is 0.0166. The van der Waals surface area contributed by atoms with Gasteiger partial charge in [-0.1, -0.05) is 0 Å². The molecule has 234 valence electrons. The van der Waals surface area contributed by atoms with Gasteiger partial charge in [-0.05, 0) is 61.7 Å². The molecule has 45 heavy (non-hydrogen) atoms. The monoisotopic (exact) mass is 616 g/mol. The number of aromatic nitrogens is 3. The molecule has 2 aromatic heterocycles. The number of benzene rings is 2. The van der Waals surface area contributed by atoms with Crippen LogP contribution in [0, 0.1) is 35.8 Å². The Morgan fingerprint density at radius 2 is 2.00 bits per heavy atom. The van der Waals surface area contributed by atoms with E-state index in [2.05, 4.69) is 25.5 Å². The number of rotatable bonds is 8. The highest BCUT2D eigenvalue weighted by molar-refractivity contribution is 5.96. The number of amides is 1. The van der Waals surface area contributed by atoms with Crippen molar-refractivity contribution >= 4 is 23.1 Å². The third-order valence-corrected chi connectivity index (χ3v) is 8.50. The summed E-state index contributed by atoms with van der Waals surface area (Å²) in [4.78, 5) is 26.4. The van der Waals surface area contributed by atoms with Gasteiger partial charge in [0, 0.05) is 68.5 Å². The number of hydrogen-bond donors (Lipinski definition) is 3. The van der Waals surface area contributed by atoms with Crippen LogP contribution in [0.4, 0.5) is 20.3 Å². The van der Waals surface area contributed by atoms with E-state index in [0.29, 0.717) is 48.0 Å². The zero-order valence-corrected chi connectivity index (χ0v) is 24.8. The maximum absolute atomic E-state index is 15.0. The average molecular weight is 617 g/mol. The van der Waals surface area contributed by atoms with Crippen LogP contribution in [0.5, 0.6) is 5.75 Å². The van der Waals surface area contributed by atoms with E-state index in [1.165, 1.54) is 24.5 Å². The second kappa shape index (κ2) is 13.2. The lowest BCUT2D eigenvalue weighted by Crippen LogP contribution is -2.52. The standard InChI is InChI=1S/C32H34F2N8O3/c1-20-16-22(2-3-23(20)32(44)41-13-11-40(12-14-41)19-21-6-8-36-18-26(21)43)39-30-31-38-17-25(42(31)10-9-37-30)24-4-5-27(45-15-7-35)29(34)28(24)33/h2-5,9-10,16-17,21,26,36,43H,6,8,11-15,18-19H2,1H3,(H,37,39)/t21-,26+/m0/s1. The molecule has 2 aliphatic heterocycles. The maximum Gasteiger partial charge on any atom is 0.254 e. The van der Waals surface area contributed by atoms with E-state index in [9.17, 15) is 18.7 Å². The Labute approximate surface area is 259 Å². The Bertz CT molecular complexity index is 1750. The summed E-state index contributed by atoms with van der Waals surface area (Å²) in [5, 5.41) is 25.4. The molecule has 2 atom stereocenters. The van der Waals surface area contributed by atoms with E-state index in [4.69, 9.17) is 10.00 Å². The van der Waals surface area contributed by atoms with Gasteiger partial charge in [-0.3, -0.25) is 14.1 Å². The normalized spacial score (nSPS) is 19.0. The van der Waals surface area contributed by atoms with Crippen molar-refractivity contribution in [2.75, 3.05) is 57.7 Å². The number of β-amino-alcohol motifs (C(OH)–C–C–N with tert-alkyl or cyclic N) is 1. The molecule has 2 saturated heterocycles. The number of halogens is 2. The summed E-state index contributed by atoms with van der Waals surface area (Å²) in [6, 6.07) is 9.84. The molecule has 0 saturated carbocycles. The molecular formula is C32H34F2N8O3. The molecule has 1 amide bonds. The van der Waals surface area contributed by atoms with E-state index >= 15 is 0 Å². The summed E-state index contributed by atoms with van der Waals surface area (Å²) in [6.07, 6.45) is 5.18.